The van der Waals surface area contributed by atoms with Crippen molar-refractivity contribution in [3.05, 3.63) is 0 Å². The number of amides is 1. The highest BCUT2D eigenvalue weighted by molar-refractivity contribution is 6.01. The van der Waals surface area contributed by atoms with E-state index in [2.05, 4.69) is 24.7 Å². The van der Waals surface area contributed by atoms with Crippen LogP contribution in [0.4, 0.5) is 0 Å². The Kier molecular flexibility index (Phi) is 7.83. The maximum atomic E-state index is 12.0. The molecule has 0 spiro atoms. The summed E-state index contributed by atoms with van der Waals surface area (Å²) in [6, 6.07) is 0. The summed E-state index contributed by atoms with van der Waals surface area (Å²) in [5.74, 6) is -0.0481. The van der Waals surface area contributed by atoms with Gasteiger partial charge in [-0.15, -0.1) is 0 Å². The van der Waals surface area contributed by atoms with Gasteiger partial charge in [-0.1, -0.05) is 41.5 Å². The zero-order chi connectivity index (χ0) is 14.3. The van der Waals surface area contributed by atoms with Crippen molar-refractivity contribution in [2.75, 3.05) is 6.54 Å². The molecule has 0 aliphatic carbocycles. The number of carbonyl (C=O) groups excluding carboxylic acids is 2. The molecule has 0 aromatic carbocycles. The van der Waals surface area contributed by atoms with E-state index in [0.29, 0.717) is 24.8 Å². The number of rotatable bonds is 8. The van der Waals surface area contributed by atoms with E-state index in [9.17, 15) is 9.59 Å². The Labute approximate surface area is 111 Å². The molecular weight excluding hydrogens is 228 g/mol. The minimum atomic E-state index is -0.537. The lowest BCUT2D eigenvalue weighted by molar-refractivity contribution is -0.137. The average molecular weight is 256 g/mol. The SMILES string of the molecule is CC(C)CNNC(=O)C(CC(C)C)C(=O)C(C)C. The Hall–Kier alpha value is -0.900. The van der Waals surface area contributed by atoms with Crippen LogP contribution in [0.2, 0.25) is 0 Å². The maximum Gasteiger partial charge on any atom is 0.244 e. The predicted molar refractivity (Wildman–Crippen MR) is 73.8 cm³/mol. The van der Waals surface area contributed by atoms with Crippen LogP contribution < -0.4 is 10.9 Å². The van der Waals surface area contributed by atoms with Crippen LogP contribution in [-0.4, -0.2) is 18.2 Å². The zero-order valence-electron chi connectivity index (χ0n) is 12.5. The predicted octanol–water partition coefficient (Wildman–Crippen LogP) is 2.15. The van der Waals surface area contributed by atoms with Crippen LogP contribution in [0.5, 0.6) is 0 Å². The summed E-state index contributed by atoms with van der Waals surface area (Å²) in [7, 11) is 0. The highest BCUT2D eigenvalue weighted by Crippen LogP contribution is 2.17. The second-order valence-corrected chi connectivity index (χ2v) is 6.00. The fourth-order valence-corrected chi connectivity index (χ4v) is 1.66. The first-order valence-corrected chi connectivity index (χ1v) is 6.82. The molecule has 4 nitrogen and oxygen atoms in total. The van der Waals surface area contributed by atoms with Gasteiger partial charge in [0.1, 0.15) is 5.78 Å². The molecule has 0 aliphatic rings. The topological polar surface area (TPSA) is 58.2 Å². The summed E-state index contributed by atoms with van der Waals surface area (Å²) in [6.45, 7) is 12.5. The molecule has 0 rings (SSSR count). The van der Waals surface area contributed by atoms with Gasteiger partial charge in [0, 0.05) is 12.5 Å². The molecule has 0 saturated carbocycles. The Morgan fingerprint density at radius 2 is 1.50 bits per heavy atom. The fourth-order valence-electron chi connectivity index (χ4n) is 1.66. The third kappa shape index (κ3) is 6.74. The largest absolute Gasteiger partial charge is 0.299 e. The molecule has 1 amide bonds. The summed E-state index contributed by atoms with van der Waals surface area (Å²) in [5, 5.41) is 0. The highest BCUT2D eigenvalue weighted by atomic mass is 16.2. The standard InChI is InChI=1S/C14H28N2O2/c1-9(2)7-12(13(17)11(5)6)14(18)16-15-8-10(3)4/h9-12,15H,7-8H2,1-6H3,(H,16,18). The smallest absolute Gasteiger partial charge is 0.244 e. The molecule has 106 valence electrons. The van der Waals surface area contributed by atoms with E-state index in [-0.39, 0.29) is 17.6 Å². The first-order chi connectivity index (χ1) is 8.25. The number of ketones is 1. The number of hydrogen-bond acceptors (Lipinski definition) is 3. The van der Waals surface area contributed by atoms with Gasteiger partial charge in [0.05, 0.1) is 5.92 Å². The van der Waals surface area contributed by atoms with Crippen molar-refractivity contribution in [1.82, 2.24) is 10.9 Å². The van der Waals surface area contributed by atoms with Crippen molar-refractivity contribution in [2.45, 2.75) is 48.0 Å². The lowest BCUT2D eigenvalue weighted by atomic mass is 9.87. The number of hydrogen-bond donors (Lipinski definition) is 2. The lowest BCUT2D eigenvalue weighted by Crippen LogP contribution is -2.46. The van der Waals surface area contributed by atoms with E-state index >= 15 is 0 Å². The Morgan fingerprint density at radius 1 is 0.944 bits per heavy atom. The Morgan fingerprint density at radius 3 is 1.89 bits per heavy atom. The van der Waals surface area contributed by atoms with Crippen molar-refractivity contribution in [3.8, 4) is 0 Å². The maximum absolute atomic E-state index is 12.0. The van der Waals surface area contributed by atoms with Crippen LogP contribution in [0.15, 0.2) is 0 Å². The summed E-state index contributed by atoms with van der Waals surface area (Å²) in [6.07, 6.45) is 0.603. The van der Waals surface area contributed by atoms with Crippen LogP contribution in [0, 0.1) is 23.7 Å². The Bertz CT molecular complexity index is 273. The molecule has 1 unspecified atom stereocenters. The van der Waals surface area contributed by atoms with Gasteiger partial charge in [-0.05, 0) is 18.3 Å². The van der Waals surface area contributed by atoms with Crippen molar-refractivity contribution in [2.24, 2.45) is 23.7 Å². The van der Waals surface area contributed by atoms with E-state index < -0.39 is 5.92 Å². The van der Waals surface area contributed by atoms with Crippen molar-refractivity contribution in [3.63, 3.8) is 0 Å². The lowest BCUT2D eigenvalue weighted by Gasteiger charge is -2.20. The van der Waals surface area contributed by atoms with Crippen LogP contribution in [0.1, 0.15) is 48.0 Å². The van der Waals surface area contributed by atoms with E-state index in [1.807, 2.05) is 27.7 Å². The average Bonchev–Trinajstić information content (AvgIpc) is 2.23. The minimum absolute atomic E-state index is 0.0209. The van der Waals surface area contributed by atoms with Crippen molar-refractivity contribution < 1.29 is 9.59 Å². The quantitative estimate of drug-likeness (QED) is 0.517. The second kappa shape index (κ2) is 8.25. The molecule has 0 heterocycles. The zero-order valence-corrected chi connectivity index (χ0v) is 12.5. The molecule has 0 fully saturated rings. The summed E-state index contributed by atoms with van der Waals surface area (Å²) in [4.78, 5) is 24.0. The van der Waals surface area contributed by atoms with Crippen molar-refractivity contribution in [1.29, 1.82) is 0 Å². The number of carbonyl (C=O) groups is 2. The second-order valence-electron chi connectivity index (χ2n) is 6.00. The van der Waals surface area contributed by atoms with Crippen LogP contribution >= 0.6 is 0 Å². The highest BCUT2D eigenvalue weighted by Gasteiger charge is 2.28. The summed E-state index contributed by atoms with van der Waals surface area (Å²) in [5.41, 5.74) is 5.53. The molecule has 18 heavy (non-hydrogen) atoms. The van der Waals surface area contributed by atoms with Crippen molar-refractivity contribution >= 4 is 11.7 Å². The molecule has 0 aromatic heterocycles. The minimum Gasteiger partial charge on any atom is -0.299 e. The van der Waals surface area contributed by atoms with E-state index in [4.69, 9.17) is 0 Å². The molecule has 0 aliphatic heterocycles. The molecule has 0 bridgehead atoms. The van der Waals surface area contributed by atoms with Gasteiger partial charge < -0.3 is 0 Å². The Balaban J connectivity index is 4.46. The first-order valence-electron chi connectivity index (χ1n) is 6.82. The monoisotopic (exact) mass is 256 g/mol. The normalized spacial score (nSPS) is 13.2. The van der Waals surface area contributed by atoms with Gasteiger partial charge >= 0.3 is 0 Å². The molecule has 4 heteroatoms. The van der Waals surface area contributed by atoms with Crippen LogP contribution in [0.25, 0.3) is 0 Å². The first kappa shape index (κ1) is 17.1. The number of nitrogens with one attached hydrogen (secondary N) is 2. The van der Waals surface area contributed by atoms with E-state index in [1.54, 1.807) is 0 Å². The van der Waals surface area contributed by atoms with Crippen LogP contribution in [0.3, 0.4) is 0 Å². The third-order valence-electron chi connectivity index (χ3n) is 2.66. The number of Topliss-reactive ketones (excluding diaryl/α,β-unsaturated/α-hetero) is 1. The van der Waals surface area contributed by atoms with E-state index in [0.717, 1.165) is 0 Å². The van der Waals surface area contributed by atoms with E-state index in [1.165, 1.54) is 0 Å². The van der Waals surface area contributed by atoms with Crippen LogP contribution in [-0.2, 0) is 9.59 Å². The summed E-state index contributed by atoms with van der Waals surface area (Å²) >= 11 is 0. The fraction of sp³-hybridized carbons (Fsp3) is 0.857. The van der Waals surface area contributed by atoms with Gasteiger partial charge in [0.15, 0.2) is 0 Å². The van der Waals surface area contributed by atoms with Gasteiger partial charge in [-0.2, -0.15) is 0 Å². The molecule has 0 aromatic rings. The third-order valence-corrected chi connectivity index (χ3v) is 2.66. The van der Waals surface area contributed by atoms with Gasteiger partial charge in [0.2, 0.25) is 5.91 Å². The summed E-state index contributed by atoms with van der Waals surface area (Å²) < 4.78 is 0. The van der Waals surface area contributed by atoms with Gasteiger partial charge in [-0.3, -0.25) is 15.0 Å². The number of hydrazine groups is 1. The molecule has 2 N–H and O–H groups in total. The van der Waals surface area contributed by atoms with Gasteiger partial charge in [-0.25, -0.2) is 5.43 Å². The molecule has 1 atom stereocenters. The molecular formula is C14H28N2O2. The molecule has 0 radical (unpaired) electrons. The van der Waals surface area contributed by atoms with Gasteiger partial charge in [0.25, 0.3) is 0 Å². The molecule has 0 saturated heterocycles.